The molecule has 1 saturated heterocycles. The van der Waals surface area contributed by atoms with Crippen molar-refractivity contribution in [1.82, 2.24) is 20.5 Å². The van der Waals surface area contributed by atoms with E-state index < -0.39 is 18.0 Å². The van der Waals surface area contributed by atoms with Crippen LogP contribution in [0.1, 0.15) is 18.5 Å². The number of imide groups is 1. The predicted molar refractivity (Wildman–Crippen MR) is 84.4 cm³/mol. The average Bonchev–Trinajstić information content (AvgIpc) is 3.06. The van der Waals surface area contributed by atoms with Crippen molar-refractivity contribution in [3.8, 4) is 0 Å². The smallest absolute Gasteiger partial charge is 0.322 e. The molecule has 8 heteroatoms. The van der Waals surface area contributed by atoms with Crippen molar-refractivity contribution >= 4 is 28.7 Å². The Balaban J connectivity index is 1.57. The number of urea groups is 1. The highest BCUT2D eigenvalue weighted by Crippen LogP contribution is 2.18. The Morgan fingerprint density at radius 3 is 2.79 bits per heavy atom. The van der Waals surface area contributed by atoms with Gasteiger partial charge in [0.05, 0.1) is 6.54 Å². The topological polar surface area (TPSA) is 94.3 Å². The van der Waals surface area contributed by atoms with E-state index in [4.69, 9.17) is 0 Å². The molecule has 1 aliphatic heterocycles. The number of hydrogen-bond acceptors (Lipinski definition) is 3. The Labute approximate surface area is 137 Å². The molecule has 1 aromatic heterocycles. The fourth-order valence-corrected chi connectivity index (χ4v) is 2.71. The quantitative estimate of drug-likeness (QED) is 0.719. The summed E-state index contributed by atoms with van der Waals surface area (Å²) < 4.78 is 13.2. The van der Waals surface area contributed by atoms with Crippen LogP contribution < -0.4 is 10.6 Å². The maximum Gasteiger partial charge on any atom is 0.322 e. The first-order valence-corrected chi connectivity index (χ1v) is 7.55. The molecule has 1 aromatic carbocycles. The van der Waals surface area contributed by atoms with Crippen molar-refractivity contribution in [2.45, 2.75) is 25.4 Å². The molecule has 7 nitrogen and oxygen atoms in total. The summed E-state index contributed by atoms with van der Waals surface area (Å²) in [6, 6.07) is 5.06. The summed E-state index contributed by atoms with van der Waals surface area (Å²) >= 11 is 0. The Morgan fingerprint density at radius 1 is 1.29 bits per heavy atom. The van der Waals surface area contributed by atoms with Crippen LogP contribution in [0, 0.1) is 5.82 Å². The van der Waals surface area contributed by atoms with Gasteiger partial charge in [0, 0.05) is 30.1 Å². The fraction of sp³-hybridized carbons (Fsp3) is 0.312. The van der Waals surface area contributed by atoms with E-state index >= 15 is 0 Å². The molecule has 2 heterocycles. The number of aromatic nitrogens is 1. The maximum absolute atomic E-state index is 13.2. The van der Waals surface area contributed by atoms with Gasteiger partial charge in [-0.05, 0) is 30.7 Å². The van der Waals surface area contributed by atoms with Gasteiger partial charge >= 0.3 is 6.03 Å². The van der Waals surface area contributed by atoms with Gasteiger partial charge in [0.1, 0.15) is 11.9 Å². The summed E-state index contributed by atoms with van der Waals surface area (Å²) in [6.07, 6.45) is 0.391. The third kappa shape index (κ3) is 3.37. The zero-order valence-electron chi connectivity index (χ0n) is 13.1. The Morgan fingerprint density at radius 2 is 2.08 bits per heavy atom. The van der Waals surface area contributed by atoms with Gasteiger partial charge < -0.3 is 15.2 Å². The van der Waals surface area contributed by atoms with E-state index in [9.17, 15) is 18.8 Å². The van der Waals surface area contributed by atoms with Crippen LogP contribution in [0.3, 0.4) is 0 Å². The van der Waals surface area contributed by atoms with Crippen LogP contribution in [0.2, 0.25) is 0 Å². The Kier molecular flexibility index (Phi) is 4.20. The van der Waals surface area contributed by atoms with Crippen LogP contribution in [0.15, 0.2) is 24.3 Å². The monoisotopic (exact) mass is 332 g/mol. The van der Waals surface area contributed by atoms with Gasteiger partial charge in [-0.3, -0.25) is 14.9 Å². The second kappa shape index (κ2) is 6.31. The second-order valence-electron chi connectivity index (χ2n) is 5.83. The van der Waals surface area contributed by atoms with Gasteiger partial charge in [0.15, 0.2) is 0 Å². The van der Waals surface area contributed by atoms with Crippen molar-refractivity contribution in [2.75, 3.05) is 7.05 Å². The standard InChI is InChI=1S/C16H17FN4O3/c1-21(14(22)5-4-13-15(23)20-16(24)19-13)8-11-7-9-6-10(17)2-3-12(9)18-11/h2-3,6-7,13,18H,4-5,8H2,1H3,(H2,19,20,23,24)/t13-/m1/s1. The zero-order valence-corrected chi connectivity index (χ0v) is 13.1. The molecular formula is C16H17FN4O3. The lowest BCUT2D eigenvalue weighted by molar-refractivity contribution is -0.130. The minimum atomic E-state index is -0.661. The first kappa shape index (κ1) is 16.0. The number of nitrogens with one attached hydrogen (secondary N) is 3. The molecule has 126 valence electrons. The van der Waals surface area contributed by atoms with Crippen LogP contribution in [0.4, 0.5) is 9.18 Å². The summed E-state index contributed by atoms with van der Waals surface area (Å²) in [5.74, 6) is -0.865. The number of amides is 4. The van der Waals surface area contributed by atoms with Gasteiger partial charge in [-0.15, -0.1) is 0 Å². The van der Waals surface area contributed by atoms with E-state index in [1.54, 1.807) is 19.2 Å². The molecule has 1 aliphatic rings. The highest BCUT2D eigenvalue weighted by atomic mass is 19.1. The molecule has 3 N–H and O–H groups in total. The van der Waals surface area contributed by atoms with E-state index in [2.05, 4.69) is 15.6 Å². The highest BCUT2D eigenvalue weighted by Gasteiger charge is 2.29. The van der Waals surface area contributed by atoms with E-state index in [1.807, 2.05) is 0 Å². The molecule has 0 saturated carbocycles. The zero-order chi connectivity index (χ0) is 17.3. The van der Waals surface area contributed by atoms with Gasteiger partial charge in [0.25, 0.3) is 5.91 Å². The number of halogens is 1. The minimum Gasteiger partial charge on any atom is -0.357 e. The molecule has 0 radical (unpaired) electrons. The summed E-state index contributed by atoms with van der Waals surface area (Å²) in [5.41, 5.74) is 1.59. The van der Waals surface area contributed by atoms with Crippen molar-refractivity contribution < 1.29 is 18.8 Å². The minimum absolute atomic E-state index is 0.143. The number of carbonyl (C=O) groups is 3. The highest BCUT2D eigenvalue weighted by molar-refractivity contribution is 6.04. The largest absolute Gasteiger partial charge is 0.357 e. The van der Waals surface area contributed by atoms with E-state index in [-0.39, 0.29) is 24.6 Å². The molecule has 0 spiro atoms. The Bertz CT molecular complexity index is 817. The molecule has 24 heavy (non-hydrogen) atoms. The molecule has 0 unspecified atom stereocenters. The van der Waals surface area contributed by atoms with Gasteiger partial charge in [-0.25, -0.2) is 9.18 Å². The molecule has 4 amide bonds. The van der Waals surface area contributed by atoms with Crippen molar-refractivity contribution in [2.24, 2.45) is 0 Å². The molecule has 1 atom stereocenters. The van der Waals surface area contributed by atoms with Crippen molar-refractivity contribution in [1.29, 1.82) is 0 Å². The first-order chi connectivity index (χ1) is 11.4. The first-order valence-electron chi connectivity index (χ1n) is 7.55. The van der Waals surface area contributed by atoms with Gasteiger partial charge in [0.2, 0.25) is 5.91 Å². The van der Waals surface area contributed by atoms with Gasteiger partial charge in [-0.1, -0.05) is 0 Å². The lowest BCUT2D eigenvalue weighted by Gasteiger charge is -2.17. The SMILES string of the molecule is CN(Cc1cc2cc(F)ccc2[nH]1)C(=O)CC[C@H]1NC(=O)NC1=O. The third-order valence-corrected chi connectivity index (χ3v) is 3.98. The molecule has 2 aromatic rings. The number of fused-ring (bicyclic) bond motifs is 1. The normalized spacial score (nSPS) is 17.0. The second-order valence-corrected chi connectivity index (χ2v) is 5.83. The lowest BCUT2D eigenvalue weighted by atomic mass is 10.1. The summed E-state index contributed by atoms with van der Waals surface area (Å²) in [5, 5.41) is 5.33. The van der Waals surface area contributed by atoms with E-state index in [0.29, 0.717) is 6.54 Å². The molecule has 0 aliphatic carbocycles. The molecule has 1 fully saturated rings. The molecular weight excluding hydrogens is 315 g/mol. The number of carbonyl (C=O) groups excluding carboxylic acids is 3. The fourth-order valence-electron chi connectivity index (χ4n) is 2.71. The van der Waals surface area contributed by atoms with Crippen LogP contribution in [-0.4, -0.2) is 40.8 Å². The molecule has 3 rings (SSSR count). The van der Waals surface area contributed by atoms with Crippen LogP contribution >= 0.6 is 0 Å². The maximum atomic E-state index is 13.2. The summed E-state index contributed by atoms with van der Waals surface area (Å²) in [4.78, 5) is 39.3. The van der Waals surface area contributed by atoms with Crippen LogP contribution in [0.25, 0.3) is 10.9 Å². The number of H-pyrrole nitrogens is 1. The van der Waals surface area contributed by atoms with Crippen molar-refractivity contribution in [3.05, 3.63) is 35.8 Å². The number of hydrogen-bond donors (Lipinski definition) is 3. The number of rotatable bonds is 5. The van der Waals surface area contributed by atoms with Gasteiger partial charge in [-0.2, -0.15) is 0 Å². The third-order valence-electron chi connectivity index (χ3n) is 3.98. The van der Waals surface area contributed by atoms with E-state index in [1.165, 1.54) is 17.0 Å². The van der Waals surface area contributed by atoms with Crippen LogP contribution in [0.5, 0.6) is 0 Å². The lowest BCUT2D eigenvalue weighted by Crippen LogP contribution is -2.32. The molecule has 0 bridgehead atoms. The Hall–Kier alpha value is -2.90. The number of nitrogens with zero attached hydrogens (tertiary/aromatic N) is 1. The van der Waals surface area contributed by atoms with E-state index in [0.717, 1.165) is 16.6 Å². The summed E-state index contributed by atoms with van der Waals surface area (Å²) in [6.45, 7) is 0.346. The predicted octanol–water partition coefficient (Wildman–Crippen LogP) is 1.25. The summed E-state index contributed by atoms with van der Waals surface area (Å²) in [7, 11) is 1.65. The van der Waals surface area contributed by atoms with Crippen LogP contribution in [-0.2, 0) is 16.1 Å². The number of aromatic amines is 1. The number of benzene rings is 1. The average molecular weight is 332 g/mol. The van der Waals surface area contributed by atoms with Crippen molar-refractivity contribution in [3.63, 3.8) is 0 Å².